The van der Waals surface area contributed by atoms with Gasteiger partial charge in [-0.25, -0.2) is 9.78 Å². The minimum absolute atomic E-state index is 0.0838. The summed E-state index contributed by atoms with van der Waals surface area (Å²) < 4.78 is 10.3. The molecule has 138 valence electrons. The Kier molecular flexibility index (Phi) is 5.90. The van der Waals surface area contributed by atoms with Gasteiger partial charge < -0.3 is 14.5 Å². The number of amides is 1. The number of nitrogens with zero attached hydrogens (tertiary/aromatic N) is 3. The SMILES string of the molecule is C=CCNc1nc(C(=O)OCC(=O)Nc2nnc(-c3ccccc3)o2)cs1. The van der Waals surface area contributed by atoms with Crippen molar-refractivity contribution < 1.29 is 18.7 Å². The Labute approximate surface area is 158 Å². The number of rotatable bonds is 8. The van der Waals surface area contributed by atoms with Crippen LogP contribution in [0, 0.1) is 0 Å². The molecule has 3 aromatic rings. The number of anilines is 2. The van der Waals surface area contributed by atoms with Crippen LogP contribution in [0.15, 0.2) is 52.8 Å². The lowest BCUT2D eigenvalue weighted by Crippen LogP contribution is -2.21. The van der Waals surface area contributed by atoms with Crippen LogP contribution in [0.2, 0.25) is 0 Å². The Morgan fingerprint density at radius 1 is 1.26 bits per heavy atom. The minimum atomic E-state index is -0.705. The second kappa shape index (κ2) is 8.72. The molecule has 0 radical (unpaired) electrons. The summed E-state index contributed by atoms with van der Waals surface area (Å²) in [6.45, 7) is 3.60. The van der Waals surface area contributed by atoms with E-state index >= 15 is 0 Å². The summed E-state index contributed by atoms with van der Waals surface area (Å²) in [5.74, 6) is -1.04. The molecule has 0 atom stereocenters. The molecule has 0 aliphatic rings. The highest BCUT2D eigenvalue weighted by molar-refractivity contribution is 7.13. The van der Waals surface area contributed by atoms with Crippen molar-refractivity contribution >= 4 is 34.4 Å². The van der Waals surface area contributed by atoms with Gasteiger partial charge in [0.05, 0.1) is 0 Å². The van der Waals surface area contributed by atoms with Gasteiger partial charge in [-0.05, 0) is 12.1 Å². The number of nitrogens with one attached hydrogen (secondary N) is 2. The molecule has 1 amide bonds. The van der Waals surface area contributed by atoms with Crippen LogP contribution in [0.25, 0.3) is 11.5 Å². The van der Waals surface area contributed by atoms with E-state index in [0.29, 0.717) is 11.7 Å². The fourth-order valence-electron chi connectivity index (χ4n) is 1.94. The lowest BCUT2D eigenvalue weighted by atomic mass is 10.2. The molecule has 10 heteroatoms. The number of carbonyl (C=O) groups excluding carboxylic acids is 2. The quantitative estimate of drug-likeness (QED) is 0.448. The number of thiazole rings is 1. The Morgan fingerprint density at radius 2 is 2.07 bits per heavy atom. The van der Waals surface area contributed by atoms with E-state index in [1.54, 1.807) is 18.2 Å². The molecule has 9 nitrogen and oxygen atoms in total. The van der Waals surface area contributed by atoms with Crippen LogP contribution in [0.3, 0.4) is 0 Å². The van der Waals surface area contributed by atoms with Crippen molar-refractivity contribution in [2.75, 3.05) is 23.8 Å². The van der Waals surface area contributed by atoms with Crippen molar-refractivity contribution in [2.24, 2.45) is 0 Å². The summed E-state index contributed by atoms with van der Waals surface area (Å²) >= 11 is 1.25. The molecule has 0 saturated carbocycles. The predicted octanol–water partition coefficient (Wildman–Crippen LogP) is 2.59. The Hall–Kier alpha value is -3.53. The zero-order valence-electron chi connectivity index (χ0n) is 14.0. The fourth-order valence-corrected chi connectivity index (χ4v) is 2.63. The topological polar surface area (TPSA) is 119 Å². The first-order valence-electron chi connectivity index (χ1n) is 7.82. The third kappa shape index (κ3) is 4.98. The van der Waals surface area contributed by atoms with Crippen molar-refractivity contribution in [3.8, 4) is 11.5 Å². The first kappa shape index (κ1) is 18.3. The first-order valence-corrected chi connectivity index (χ1v) is 8.70. The van der Waals surface area contributed by atoms with E-state index in [1.165, 1.54) is 16.7 Å². The molecule has 0 spiro atoms. The van der Waals surface area contributed by atoms with Gasteiger partial charge in [0.15, 0.2) is 17.4 Å². The molecular formula is C17H15N5O4S. The largest absolute Gasteiger partial charge is 0.451 e. The third-order valence-electron chi connectivity index (χ3n) is 3.14. The van der Waals surface area contributed by atoms with Gasteiger partial charge in [0.25, 0.3) is 5.91 Å². The molecule has 0 bridgehead atoms. The molecular weight excluding hydrogens is 370 g/mol. The molecule has 2 N–H and O–H groups in total. The van der Waals surface area contributed by atoms with Gasteiger partial charge in [0.1, 0.15) is 0 Å². The number of esters is 1. The van der Waals surface area contributed by atoms with Crippen molar-refractivity contribution in [3.05, 3.63) is 54.1 Å². The van der Waals surface area contributed by atoms with Crippen molar-refractivity contribution in [1.82, 2.24) is 15.2 Å². The summed E-state index contributed by atoms with van der Waals surface area (Å²) in [5, 5.41) is 15.0. The molecule has 0 aliphatic carbocycles. The summed E-state index contributed by atoms with van der Waals surface area (Å²) in [6, 6.07) is 9.03. The van der Waals surface area contributed by atoms with Gasteiger partial charge in [-0.3, -0.25) is 10.1 Å². The van der Waals surface area contributed by atoms with Gasteiger partial charge >= 0.3 is 12.0 Å². The Morgan fingerprint density at radius 3 is 2.85 bits per heavy atom. The summed E-state index contributed by atoms with van der Waals surface area (Å²) in [6.07, 6.45) is 1.67. The van der Waals surface area contributed by atoms with E-state index in [9.17, 15) is 9.59 Å². The number of carbonyl (C=O) groups is 2. The Bertz CT molecular complexity index is 938. The van der Waals surface area contributed by atoms with Gasteiger partial charge in [-0.15, -0.1) is 23.0 Å². The normalized spacial score (nSPS) is 10.2. The monoisotopic (exact) mass is 385 g/mol. The number of hydrogen-bond acceptors (Lipinski definition) is 9. The van der Waals surface area contributed by atoms with Gasteiger partial charge in [-0.2, -0.15) is 0 Å². The van der Waals surface area contributed by atoms with E-state index in [2.05, 4.69) is 32.4 Å². The summed E-state index contributed by atoms with van der Waals surface area (Å²) in [5.41, 5.74) is 0.838. The van der Waals surface area contributed by atoms with Crippen LogP contribution in [0.1, 0.15) is 10.5 Å². The number of ether oxygens (including phenoxy) is 1. The lowest BCUT2D eigenvalue weighted by molar-refractivity contribution is -0.119. The highest BCUT2D eigenvalue weighted by Gasteiger charge is 2.16. The third-order valence-corrected chi connectivity index (χ3v) is 3.94. The maximum absolute atomic E-state index is 11.9. The summed E-state index contributed by atoms with van der Waals surface area (Å²) in [4.78, 5) is 27.9. The smallest absolute Gasteiger partial charge is 0.358 e. The predicted molar refractivity (Wildman–Crippen MR) is 99.4 cm³/mol. The molecule has 2 heterocycles. The number of benzene rings is 1. The molecule has 27 heavy (non-hydrogen) atoms. The van der Waals surface area contributed by atoms with E-state index in [1.807, 2.05) is 18.2 Å². The van der Waals surface area contributed by atoms with Gasteiger partial charge in [0.2, 0.25) is 5.89 Å². The van der Waals surface area contributed by atoms with E-state index in [4.69, 9.17) is 9.15 Å². The highest BCUT2D eigenvalue weighted by atomic mass is 32.1. The maximum atomic E-state index is 11.9. The molecule has 2 aromatic heterocycles. The van der Waals surface area contributed by atoms with Crippen LogP contribution < -0.4 is 10.6 Å². The number of aromatic nitrogens is 3. The molecule has 0 aliphatic heterocycles. The first-order chi connectivity index (χ1) is 13.2. The van der Waals surface area contributed by atoms with Crippen LogP contribution in [0.5, 0.6) is 0 Å². The molecule has 3 rings (SSSR count). The maximum Gasteiger partial charge on any atom is 0.358 e. The van der Waals surface area contributed by atoms with Crippen molar-refractivity contribution in [2.45, 2.75) is 0 Å². The van der Waals surface area contributed by atoms with E-state index in [-0.39, 0.29) is 17.6 Å². The second-order valence-electron chi connectivity index (χ2n) is 5.11. The van der Waals surface area contributed by atoms with Crippen LogP contribution in [-0.4, -0.2) is 40.2 Å². The van der Waals surface area contributed by atoms with Crippen molar-refractivity contribution in [1.29, 1.82) is 0 Å². The van der Waals surface area contributed by atoms with Gasteiger partial charge in [0, 0.05) is 17.5 Å². The average molecular weight is 385 g/mol. The average Bonchev–Trinajstić information content (AvgIpc) is 3.35. The van der Waals surface area contributed by atoms with Crippen LogP contribution in [-0.2, 0) is 9.53 Å². The highest BCUT2D eigenvalue weighted by Crippen LogP contribution is 2.19. The molecule has 0 fully saturated rings. The van der Waals surface area contributed by atoms with E-state index in [0.717, 1.165) is 5.56 Å². The lowest BCUT2D eigenvalue weighted by Gasteiger charge is -2.02. The molecule has 0 saturated heterocycles. The standard InChI is InChI=1S/C17H15N5O4S/c1-2-8-18-17-19-12(10-27-17)15(24)25-9-13(23)20-16-22-21-14(26-16)11-6-4-3-5-7-11/h2-7,10H,1,8-9H2,(H,18,19)(H,20,22,23). The summed E-state index contributed by atoms with van der Waals surface area (Å²) in [7, 11) is 0. The molecule has 1 aromatic carbocycles. The van der Waals surface area contributed by atoms with E-state index < -0.39 is 18.5 Å². The fraction of sp³-hybridized carbons (Fsp3) is 0.118. The van der Waals surface area contributed by atoms with Gasteiger partial charge in [-0.1, -0.05) is 29.4 Å². The zero-order valence-corrected chi connectivity index (χ0v) is 14.9. The van der Waals surface area contributed by atoms with Crippen molar-refractivity contribution in [3.63, 3.8) is 0 Å². The Balaban J connectivity index is 1.49. The number of hydrogen-bond donors (Lipinski definition) is 2. The molecule has 0 unspecified atom stereocenters. The van der Waals surface area contributed by atoms with Crippen LogP contribution >= 0.6 is 11.3 Å². The van der Waals surface area contributed by atoms with Crippen LogP contribution in [0.4, 0.5) is 11.1 Å². The zero-order chi connectivity index (χ0) is 19.1. The second-order valence-corrected chi connectivity index (χ2v) is 5.97. The minimum Gasteiger partial charge on any atom is -0.451 e.